The maximum absolute atomic E-state index is 5.98. The fourth-order valence-electron chi connectivity index (χ4n) is 2.76. The highest BCUT2D eigenvalue weighted by atomic mass is 16.3. The molecule has 1 heterocycles. The Kier molecular flexibility index (Phi) is 4.51. The van der Waals surface area contributed by atoms with Crippen LogP contribution in [0.15, 0.2) is 28.7 Å². The van der Waals surface area contributed by atoms with Gasteiger partial charge in [-0.05, 0) is 25.6 Å². The second kappa shape index (κ2) is 5.98. The fraction of sp³-hybridized carbons (Fsp3) is 0.529. The lowest BCUT2D eigenvalue weighted by Crippen LogP contribution is -2.29. The van der Waals surface area contributed by atoms with Crippen LogP contribution >= 0.6 is 0 Å². The lowest BCUT2D eigenvalue weighted by molar-refractivity contribution is 0.220. The lowest BCUT2D eigenvalue weighted by atomic mass is 9.96. The molecule has 0 unspecified atom stereocenters. The molecule has 0 saturated heterocycles. The monoisotopic (exact) mass is 274 g/mol. The fourth-order valence-corrected chi connectivity index (χ4v) is 2.76. The van der Waals surface area contributed by atoms with Gasteiger partial charge in [-0.25, -0.2) is 0 Å². The van der Waals surface area contributed by atoms with Crippen LogP contribution in [0.3, 0.4) is 0 Å². The molecule has 3 nitrogen and oxygen atoms in total. The van der Waals surface area contributed by atoms with Crippen molar-refractivity contribution in [3.05, 3.63) is 35.6 Å². The highest BCUT2D eigenvalue weighted by Crippen LogP contribution is 2.27. The first-order valence-corrected chi connectivity index (χ1v) is 7.23. The van der Waals surface area contributed by atoms with E-state index in [2.05, 4.69) is 50.2 Å². The predicted molar refractivity (Wildman–Crippen MR) is 84.8 cm³/mol. The summed E-state index contributed by atoms with van der Waals surface area (Å²) in [6.45, 7) is 9.56. The van der Waals surface area contributed by atoms with E-state index in [-0.39, 0.29) is 0 Å². The maximum atomic E-state index is 5.98. The molecule has 3 heteroatoms. The zero-order valence-corrected chi connectivity index (χ0v) is 13.3. The summed E-state index contributed by atoms with van der Waals surface area (Å²) in [5.41, 5.74) is 2.59. The van der Waals surface area contributed by atoms with Gasteiger partial charge in [0.15, 0.2) is 0 Å². The molecule has 0 bridgehead atoms. The Bertz CT molecular complexity index is 566. The SMILES string of the molecule is CNCc1oc2ccccc2c1CN(C)CC(C)(C)C. The van der Waals surface area contributed by atoms with Crippen molar-refractivity contribution in [2.24, 2.45) is 5.41 Å². The van der Waals surface area contributed by atoms with Gasteiger partial charge in [-0.3, -0.25) is 0 Å². The Labute approximate surface area is 122 Å². The van der Waals surface area contributed by atoms with E-state index in [1.807, 2.05) is 19.2 Å². The maximum Gasteiger partial charge on any atom is 0.134 e. The van der Waals surface area contributed by atoms with E-state index >= 15 is 0 Å². The van der Waals surface area contributed by atoms with E-state index < -0.39 is 0 Å². The summed E-state index contributed by atoms with van der Waals surface area (Å²) in [6.07, 6.45) is 0. The molecular formula is C17H26N2O. The number of hydrogen-bond donors (Lipinski definition) is 1. The molecular weight excluding hydrogens is 248 g/mol. The van der Waals surface area contributed by atoms with Crippen LogP contribution in [-0.2, 0) is 13.1 Å². The zero-order valence-electron chi connectivity index (χ0n) is 13.3. The predicted octanol–water partition coefficient (Wildman–Crippen LogP) is 3.63. The van der Waals surface area contributed by atoms with Crippen LogP contribution in [0.2, 0.25) is 0 Å². The Hall–Kier alpha value is -1.32. The third-order valence-electron chi connectivity index (χ3n) is 3.29. The Morgan fingerprint density at radius 1 is 1.20 bits per heavy atom. The summed E-state index contributed by atoms with van der Waals surface area (Å²) in [5.74, 6) is 1.05. The number of rotatable bonds is 5. The Morgan fingerprint density at radius 2 is 1.90 bits per heavy atom. The van der Waals surface area contributed by atoms with Gasteiger partial charge in [0, 0.05) is 24.0 Å². The van der Waals surface area contributed by atoms with E-state index in [0.717, 1.165) is 31.0 Å². The molecule has 110 valence electrons. The van der Waals surface area contributed by atoms with Crippen molar-refractivity contribution >= 4 is 11.0 Å². The molecule has 0 radical (unpaired) electrons. The van der Waals surface area contributed by atoms with Crippen molar-refractivity contribution < 1.29 is 4.42 Å². The molecule has 1 N–H and O–H groups in total. The molecule has 0 fully saturated rings. The number of hydrogen-bond acceptors (Lipinski definition) is 3. The first kappa shape index (κ1) is 15.1. The first-order chi connectivity index (χ1) is 9.40. The van der Waals surface area contributed by atoms with E-state index in [9.17, 15) is 0 Å². The van der Waals surface area contributed by atoms with Crippen LogP contribution in [0.1, 0.15) is 32.1 Å². The topological polar surface area (TPSA) is 28.4 Å². The second-order valence-corrected chi connectivity index (χ2v) is 6.76. The van der Waals surface area contributed by atoms with Crippen molar-refractivity contribution in [3.8, 4) is 0 Å². The second-order valence-electron chi connectivity index (χ2n) is 6.76. The minimum atomic E-state index is 0.303. The minimum Gasteiger partial charge on any atom is -0.459 e. The molecule has 0 aliphatic rings. The van der Waals surface area contributed by atoms with Gasteiger partial charge in [0.05, 0.1) is 6.54 Å². The number of para-hydroxylation sites is 1. The third kappa shape index (κ3) is 3.62. The van der Waals surface area contributed by atoms with Gasteiger partial charge in [0.2, 0.25) is 0 Å². The quantitative estimate of drug-likeness (QED) is 0.902. The first-order valence-electron chi connectivity index (χ1n) is 7.23. The zero-order chi connectivity index (χ0) is 14.8. The Morgan fingerprint density at radius 3 is 2.55 bits per heavy atom. The number of furan rings is 1. The van der Waals surface area contributed by atoms with Crippen LogP contribution in [0, 0.1) is 5.41 Å². The van der Waals surface area contributed by atoms with Crippen molar-refractivity contribution in [1.29, 1.82) is 0 Å². The van der Waals surface area contributed by atoms with Crippen LogP contribution in [0.25, 0.3) is 11.0 Å². The summed E-state index contributed by atoms with van der Waals surface area (Å²) in [6, 6.07) is 8.30. The van der Waals surface area contributed by atoms with Crippen LogP contribution in [-0.4, -0.2) is 25.5 Å². The van der Waals surface area contributed by atoms with Gasteiger partial charge < -0.3 is 14.6 Å². The molecule has 0 saturated carbocycles. The highest BCUT2D eigenvalue weighted by molar-refractivity contribution is 5.82. The Balaban J connectivity index is 2.29. The summed E-state index contributed by atoms with van der Waals surface area (Å²) in [7, 11) is 4.13. The van der Waals surface area contributed by atoms with Gasteiger partial charge in [-0.1, -0.05) is 39.0 Å². The highest BCUT2D eigenvalue weighted by Gasteiger charge is 2.18. The van der Waals surface area contributed by atoms with Crippen LogP contribution in [0.4, 0.5) is 0 Å². The molecule has 0 aliphatic carbocycles. The van der Waals surface area contributed by atoms with Gasteiger partial charge in [0.25, 0.3) is 0 Å². The van der Waals surface area contributed by atoms with Crippen LogP contribution in [0.5, 0.6) is 0 Å². The largest absolute Gasteiger partial charge is 0.459 e. The summed E-state index contributed by atoms with van der Waals surface area (Å²) >= 11 is 0. The molecule has 1 aromatic carbocycles. The van der Waals surface area contributed by atoms with Gasteiger partial charge in [-0.15, -0.1) is 0 Å². The summed E-state index contributed by atoms with van der Waals surface area (Å²) < 4.78 is 5.98. The molecule has 0 aliphatic heterocycles. The smallest absolute Gasteiger partial charge is 0.134 e. The lowest BCUT2D eigenvalue weighted by Gasteiger charge is -2.26. The molecule has 0 spiro atoms. The minimum absolute atomic E-state index is 0.303. The molecule has 0 amide bonds. The van der Waals surface area contributed by atoms with Crippen molar-refractivity contribution in [2.75, 3.05) is 20.6 Å². The molecule has 2 aromatic rings. The average Bonchev–Trinajstić information content (AvgIpc) is 2.66. The third-order valence-corrected chi connectivity index (χ3v) is 3.29. The number of nitrogens with zero attached hydrogens (tertiary/aromatic N) is 1. The summed E-state index contributed by atoms with van der Waals surface area (Å²) in [5, 5.41) is 4.43. The van der Waals surface area contributed by atoms with Crippen molar-refractivity contribution in [1.82, 2.24) is 10.2 Å². The number of fused-ring (bicyclic) bond motifs is 1. The number of nitrogens with one attached hydrogen (secondary N) is 1. The standard InChI is InChI=1S/C17H26N2O/c1-17(2,3)12-19(5)11-14-13-8-6-7-9-15(13)20-16(14)10-18-4/h6-9,18H,10-12H2,1-5H3. The number of benzene rings is 1. The summed E-state index contributed by atoms with van der Waals surface area (Å²) in [4.78, 5) is 2.37. The molecule has 1 aromatic heterocycles. The molecule has 0 atom stereocenters. The van der Waals surface area contributed by atoms with Gasteiger partial charge >= 0.3 is 0 Å². The van der Waals surface area contributed by atoms with Gasteiger partial charge in [0.1, 0.15) is 11.3 Å². The molecule has 2 rings (SSSR count). The van der Waals surface area contributed by atoms with Crippen LogP contribution < -0.4 is 5.32 Å². The van der Waals surface area contributed by atoms with E-state index in [1.54, 1.807) is 0 Å². The van der Waals surface area contributed by atoms with E-state index in [4.69, 9.17) is 4.42 Å². The average molecular weight is 274 g/mol. The van der Waals surface area contributed by atoms with E-state index in [0.29, 0.717) is 5.41 Å². The van der Waals surface area contributed by atoms with Crippen molar-refractivity contribution in [2.45, 2.75) is 33.9 Å². The van der Waals surface area contributed by atoms with Gasteiger partial charge in [-0.2, -0.15) is 0 Å². The molecule has 20 heavy (non-hydrogen) atoms. The van der Waals surface area contributed by atoms with Crippen molar-refractivity contribution in [3.63, 3.8) is 0 Å². The van der Waals surface area contributed by atoms with E-state index in [1.165, 1.54) is 10.9 Å². The normalized spacial score (nSPS) is 12.5.